The second-order valence-electron chi connectivity index (χ2n) is 5.53. The molecule has 0 saturated carbocycles. The lowest BCUT2D eigenvalue weighted by molar-refractivity contribution is -0.115. The molecular formula is C19H19N3OS3. The van der Waals surface area contributed by atoms with Gasteiger partial charge in [0.2, 0.25) is 5.91 Å². The average molecular weight is 402 g/mol. The molecule has 0 aliphatic rings. The predicted octanol–water partition coefficient (Wildman–Crippen LogP) is 5.43. The third-order valence-electron chi connectivity index (χ3n) is 3.53. The number of benzene rings is 2. The van der Waals surface area contributed by atoms with Crippen LogP contribution in [0, 0.1) is 6.92 Å². The summed E-state index contributed by atoms with van der Waals surface area (Å²) >= 11 is 4.63. The molecule has 4 nitrogen and oxygen atoms in total. The highest BCUT2D eigenvalue weighted by Crippen LogP contribution is 2.39. The molecule has 0 aliphatic carbocycles. The predicted molar refractivity (Wildman–Crippen MR) is 111 cm³/mol. The molecule has 134 valence electrons. The summed E-state index contributed by atoms with van der Waals surface area (Å²) in [5.41, 5.74) is 2.90. The number of amides is 1. The second-order valence-corrected chi connectivity index (χ2v) is 9.37. The number of carbonyl (C=O) groups excluding carboxylic acids is 1. The summed E-state index contributed by atoms with van der Waals surface area (Å²) in [7, 11) is 0. The molecule has 1 aromatic heterocycles. The van der Waals surface area contributed by atoms with Gasteiger partial charge in [0, 0.05) is 5.69 Å². The van der Waals surface area contributed by atoms with Crippen LogP contribution in [0.2, 0.25) is 0 Å². The smallest absolute Gasteiger partial charge is 0.242 e. The fourth-order valence-corrected chi connectivity index (χ4v) is 5.38. The van der Waals surface area contributed by atoms with E-state index < -0.39 is 0 Å². The third kappa shape index (κ3) is 5.09. The number of nitrogens with zero attached hydrogens (tertiary/aromatic N) is 2. The SMILES string of the molecule is CCSc1nnc(S[C@H](C(=O)Nc2ccc(C)cc2)c2ccccc2)s1. The van der Waals surface area contributed by atoms with E-state index in [9.17, 15) is 4.79 Å². The molecule has 0 fully saturated rings. The van der Waals surface area contributed by atoms with E-state index in [1.165, 1.54) is 23.1 Å². The Morgan fingerprint density at radius 1 is 1.08 bits per heavy atom. The summed E-state index contributed by atoms with van der Waals surface area (Å²) in [5.74, 6) is 0.889. The number of hydrogen-bond donors (Lipinski definition) is 1. The molecule has 3 aromatic rings. The molecule has 1 atom stereocenters. The van der Waals surface area contributed by atoms with E-state index in [1.54, 1.807) is 11.8 Å². The van der Waals surface area contributed by atoms with Gasteiger partial charge >= 0.3 is 0 Å². The van der Waals surface area contributed by atoms with Crippen LogP contribution >= 0.6 is 34.9 Å². The minimum atomic E-state index is -0.384. The molecule has 0 unspecified atom stereocenters. The maximum atomic E-state index is 13.0. The van der Waals surface area contributed by atoms with Crippen LogP contribution in [0.3, 0.4) is 0 Å². The first-order valence-corrected chi connectivity index (χ1v) is 10.9. The Balaban J connectivity index is 1.80. The van der Waals surface area contributed by atoms with Crippen LogP contribution in [0.15, 0.2) is 63.3 Å². The largest absolute Gasteiger partial charge is 0.325 e. The van der Waals surface area contributed by atoms with E-state index in [4.69, 9.17) is 0 Å². The van der Waals surface area contributed by atoms with Gasteiger partial charge < -0.3 is 5.32 Å². The van der Waals surface area contributed by atoms with Gasteiger partial charge in [-0.3, -0.25) is 4.79 Å². The highest BCUT2D eigenvalue weighted by Gasteiger charge is 2.24. The van der Waals surface area contributed by atoms with Crippen molar-refractivity contribution in [3.63, 3.8) is 0 Å². The summed E-state index contributed by atoms with van der Waals surface area (Å²) in [6, 6.07) is 17.6. The van der Waals surface area contributed by atoms with Crippen LogP contribution in [0.4, 0.5) is 5.69 Å². The molecule has 26 heavy (non-hydrogen) atoms. The van der Waals surface area contributed by atoms with Crippen LogP contribution in [-0.2, 0) is 4.79 Å². The first-order chi connectivity index (χ1) is 12.7. The van der Waals surface area contributed by atoms with Crippen LogP contribution in [0.1, 0.15) is 23.3 Å². The Hall–Kier alpha value is -1.83. The number of nitrogens with one attached hydrogen (secondary N) is 1. The minimum absolute atomic E-state index is 0.0649. The Morgan fingerprint density at radius 3 is 2.46 bits per heavy atom. The van der Waals surface area contributed by atoms with Gasteiger partial charge in [0.05, 0.1) is 0 Å². The van der Waals surface area contributed by atoms with Gasteiger partial charge in [0.15, 0.2) is 8.68 Å². The monoisotopic (exact) mass is 401 g/mol. The number of thioether (sulfide) groups is 2. The highest BCUT2D eigenvalue weighted by molar-refractivity contribution is 8.03. The molecule has 3 rings (SSSR count). The van der Waals surface area contributed by atoms with Crippen molar-refractivity contribution in [3.8, 4) is 0 Å². The van der Waals surface area contributed by atoms with Crippen molar-refractivity contribution in [2.45, 2.75) is 27.8 Å². The Bertz CT molecular complexity index is 850. The van der Waals surface area contributed by atoms with Crippen LogP contribution in [0.25, 0.3) is 0 Å². The number of carbonyl (C=O) groups is 1. The van der Waals surface area contributed by atoms with E-state index in [0.717, 1.165) is 31.2 Å². The Morgan fingerprint density at radius 2 is 1.77 bits per heavy atom. The van der Waals surface area contributed by atoms with Crippen molar-refractivity contribution in [1.82, 2.24) is 10.2 Å². The lowest BCUT2D eigenvalue weighted by Gasteiger charge is -2.15. The summed E-state index contributed by atoms with van der Waals surface area (Å²) in [5, 5.41) is 11.0. The minimum Gasteiger partial charge on any atom is -0.325 e. The summed E-state index contributed by atoms with van der Waals surface area (Å²) < 4.78 is 1.73. The number of rotatable bonds is 7. The van der Waals surface area contributed by atoms with Gasteiger partial charge in [-0.2, -0.15) is 0 Å². The molecule has 0 bridgehead atoms. The van der Waals surface area contributed by atoms with Crippen molar-refractivity contribution in [3.05, 3.63) is 65.7 Å². The van der Waals surface area contributed by atoms with Crippen molar-refractivity contribution in [1.29, 1.82) is 0 Å². The second kappa shape index (κ2) is 9.21. The fraction of sp³-hybridized carbons (Fsp3) is 0.211. The summed E-state index contributed by atoms with van der Waals surface area (Å²) in [4.78, 5) is 13.0. The van der Waals surface area contributed by atoms with Crippen molar-refractivity contribution >= 4 is 46.5 Å². The number of anilines is 1. The maximum Gasteiger partial charge on any atom is 0.242 e. The quantitative estimate of drug-likeness (QED) is 0.535. The Kier molecular flexibility index (Phi) is 6.71. The summed E-state index contributed by atoms with van der Waals surface area (Å²) in [6.45, 7) is 4.11. The number of aromatic nitrogens is 2. The Labute approximate surface area is 165 Å². The first-order valence-electron chi connectivity index (χ1n) is 8.21. The molecular weight excluding hydrogens is 382 g/mol. The van der Waals surface area contributed by atoms with Gasteiger partial charge in [-0.05, 0) is 30.4 Å². The number of aryl methyl sites for hydroxylation is 1. The van der Waals surface area contributed by atoms with E-state index in [-0.39, 0.29) is 11.2 Å². The molecule has 0 spiro atoms. The van der Waals surface area contributed by atoms with E-state index in [0.29, 0.717) is 0 Å². The topological polar surface area (TPSA) is 54.9 Å². The van der Waals surface area contributed by atoms with Gasteiger partial charge in [-0.25, -0.2) is 0 Å². The van der Waals surface area contributed by atoms with E-state index in [1.807, 2.05) is 61.5 Å². The fourth-order valence-electron chi connectivity index (χ4n) is 2.27. The molecule has 1 heterocycles. The lowest BCUT2D eigenvalue weighted by atomic mass is 10.1. The third-order valence-corrected chi connectivity index (χ3v) is 6.81. The molecule has 7 heteroatoms. The zero-order valence-electron chi connectivity index (χ0n) is 14.5. The van der Waals surface area contributed by atoms with Crippen LogP contribution in [-0.4, -0.2) is 21.9 Å². The molecule has 0 radical (unpaired) electrons. The lowest BCUT2D eigenvalue weighted by Crippen LogP contribution is -2.19. The maximum absolute atomic E-state index is 13.0. The summed E-state index contributed by atoms with van der Waals surface area (Å²) in [6.07, 6.45) is 0. The van der Waals surface area contributed by atoms with Crippen LogP contribution in [0.5, 0.6) is 0 Å². The molecule has 0 saturated heterocycles. The van der Waals surface area contributed by atoms with E-state index in [2.05, 4.69) is 22.4 Å². The zero-order chi connectivity index (χ0) is 18.4. The van der Waals surface area contributed by atoms with Gasteiger partial charge in [-0.15, -0.1) is 10.2 Å². The molecule has 1 amide bonds. The zero-order valence-corrected chi connectivity index (χ0v) is 17.0. The van der Waals surface area contributed by atoms with E-state index >= 15 is 0 Å². The molecule has 1 N–H and O–H groups in total. The first kappa shape index (κ1) is 18.9. The molecule has 0 aliphatic heterocycles. The van der Waals surface area contributed by atoms with Gasteiger partial charge in [-0.1, -0.05) is 89.8 Å². The highest BCUT2D eigenvalue weighted by atomic mass is 32.2. The average Bonchev–Trinajstić information content (AvgIpc) is 3.10. The van der Waals surface area contributed by atoms with Crippen molar-refractivity contribution in [2.24, 2.45) is 0 Å². The van der Waals surface area contributed by atoms with Gasteiger partial charge in [0.1, 0.15) is 5.25 Å². The van der Waals surface area contributed by atoms with Gasteiger partial charge in [0.25, 0.3) is 0 Å². The standard InChI is InChI=1S/C19H19N3OS3/c1-3-24-18-21-22-19(26-18)25-16(14-7-5-4-6-8-14)17(23)20-15-11-9-13(2)10-12-15/h4-12,16H,3H2,1-2H3,(H,20,23)/t16-/m0/s1. The molecule has 2 aromatic carbocycles. The number of hydrogen-bond acceptors (Lipinski definition) is 6. The van der Waals surface area contributed by atoms with Crippen molar-refractivity contribution < 1.29 is 4.79 Å². The van der Waals surface area contributed by atoms with Crippen molar-refractivity contribution in [2.75, 3.05) is 11.1 Å². The van der Waals surface area contributed by atoms with Crippen LogP contribution < -0.4 is 5.32 Å². The normalized spacial score (nSPS) is 11.9.